The lowest BCUT2D eigenvalue weighted by atomic mass is 10.3. The largest absolute Gasteiger partial charge is 0.363 e. The van der Waals surface area contributed by atoms with Gasteiger partial charge in [-0.3, -0.25) is 0 Å². The summed E-state index contributed by atoms with van der Waals surface area (Å²) in [5, 5.41) is 0.727. The molecule has 0 aliphatic heterocycles. The number of quaternary nitrogens is 1. The van der Waals surface area contributed by atoms with Gasteiger partial charge in [-0.05, 0) is 35.1 Å². The van der Waals surface area contributed by atoms with Crippen molar-refractivity contribution in [1.29, 1.82) is 0 Å². The van der Waals surface area contributed by atoms with Crippen molar-refractivity contribution in [3.63, 3.8) is 0 Å². The first-order valence-corrected chi connectivity index (χ1v) is 8.80. The second-order valence-corrected chi connectivity index (χ2v) is 8.36. The second kappa shape index (κ2) is 7.24. The monoisotopic (exact) mass is 351 g/mol. The third-order valence-corrected chi connectivity index (χ3v) is 7.07. The highest BCUT2D eigenvalue weighted by molar-refractivity contribution is 8.89. The summed E-state index contributed by atoms with van der Waals surface area (Å²) in [6.45, 7) is 0. The lowest BCUT2D eigenvalue weighted by Gasteiger charge is -2.28. The molecule has 0 bridgehead atoms. The molecule has 1 rings (SSSR count). The Morgan fingerprint density at radius 1 is 1.11 bits per heavy atom. The highest BCUT2D eigenvalue weighted by Gasteiger charge is 2.27. The van der Waals surface area contributed by atoms with Crippen molar-refractivity contribution >= 4 is 72.0 Å². The molecule has 0 saturated heterocycles. The summed E-state index contributed by atoms with van der Waals surface area (Å²) in [5.41, 5.74) is 1.10. The molecule has 104 valence electrons. The molecule has 0 radical (unpaired) electrons. The van der Waals surface area contributed by atoms with Crippen LogP contribution in [0.3, 0.4) is 0 Å². The van der Waals surface area contributed by atoms with E-state index in [1.54, 1.807) is 0 Å². The molecule has 0 atom stereocenters. The van der Waals surface area contributed by atoms with E-state index in [0.717, 1.165) is 19.4 Å². The van der Waals surface area contributed by atoms with E-state index < -0.39 is 0 Å². The Hall–Kier alpha value is 0.150. The van der Waals surface area contributed by atoms with Gasteiger partial charge in [0, 0.05) is 42.0 Å². The van der Waals surface area contributed by atoms with E-state index >= 15 is 0 Å². The molecule has 0 fully saturated rings. The molecule has 0 aliphatic carbocycles. The zero-order chi connectivity index (χ0) is 14.6. The predicted molar refractivity (Wildman–Crippen MR) is 99.2 cm³/mol. The van der Waals surface area contributed by atoms with Crippen LogP contribution in [0.25, 0.3) is 0 Å². The Kier molecular flexibility index (Phi) is 6.56. The Morgan fingerprint density at radius 3 is 2.11 bits per heavy atom. The van der Waals surface area contributed by atoms with Gasteiger partial charge in [-0.2, -0.15) is 0 Å². The van der Waals surface area contributed by atoms with Gasteiger partial charge >= 0.3 is 0 Å². The molecule has 19 heavy (non-hydrogen) atoms. The number of halogens is 1. The Balaban J connectivity index is 2.74. The van der Waals surface area contributed by atoms with Crippen LogP contribution < -0.4 is 4.48 Å². The standard InChI is InChI=1S/C12H16ClN2S4/c1-14(2)11(16)18-19-12(17)15(3,4)10-7-5-9(13)6-8-10/h5-8H,1-4H3/q+1. The van der Waals surface area contributed by atoms with Crippen molar-refractivity contribution in [2.45, 2.75) is 0 Å². The average Bonchev–Trinajstić information content (AvgIpc) is 2.35. The lowest BCUT2D eigenvalue weighted by molar-refractivity contribution is 0.616. The van der Waals surface area contributed by atoms with Crippen molar-refractivity contribution in [2.24, 2.45) is 0 Å². The van der Waals surface area contributed by atoms with E-state index in [2.05, 4.69) is 14.1 Å². The summed E-state index contributed by atoms with van der Waals surface area (Å²) in [7, 11) is 11.0. The van der Waals surface area contributed by atoms with E-state index in [-0.39, 0.29) is 0 Å². The predicted octanol–water partition coefficient (Wildman–Crippen LogP) is 4.42. The van der Waals surface area contributed by atoms with Gasteiger partial charge in [0.2, 0.25) is 4.32 Å². The lowest BCUT2D eigenvalue weighted by Crippen LogP contribution is -2.43. The first kappa shape index (κ1) is 17.2. The summed E-state index contributed by atoms with van der Waals surface area (Å²) >= 11 is 16.7. The topological polar surface area (TPSA) is 3.24 Å². The third kappa shape index (κ3) is 4.88. The fraction of sp³-hybridized carbons (Fsp3) is 0.333. The molecule has 0 N–H and O–H groups in total. The van der Waals surface area contributed by atoms with E-state index in [4.69, 9.17) is 36.0 Å². The van der Waals surface area contributed by atoms with Crippen molar-refractivity contribution in [3.8, 4) is 0 Å². The summed E-state index contributed by atoms with van der Waals surface area (Å²) in [6, 6.07) is 7.73. The third-order valence-electron chi connectivity index (χ3n) is 2.48. The van der Waals surface area contributed by atoms with Crippen LogP contribution in [0.2, 0.25) is 5.02 Å². The molecule has 1 aromatic rings. The van der Waals surface area contributed by atoms with Gasteiger partial charge in [-0.25, -0.2) is 4.48 Å². The van der Waals surface area contributed by atoms with Crippen LogP contribution in [0.15, 0.2) is 24.3 Å². The van der Waals surface area contributed by atoms with Gasteiger partial charge < -0.3 is 4.90 Å². The summed E-state index contributed by atoms with van der Waals surface area (Å²) in [4.78, 5) is 1.90. The number of benzene rings is 1. The van der Waals surface area contributed by atoms with Gasteiger partial charge in [-0.15, -0.1) is 0 Å². The van der Waals surface area contributed by atoms with Crippen LogP contribution >= 0.6 is 57.6 Å². The molecular formula is C12H16ClN2S4+. The molecule has 2 nitrogen and oxygen atoms in total. The fourth-order valence-corrected chi connectivity index (χ4v) is 4.02. The molecule has 0 aromatic heterocycles. The highest BCUT2D eigenvalue weighted by Crippen LogP contribution is 2.33. The van der Waals surface area contributed by atoms with Crippen LogP contribution in [-0.2, 0) is 0 Å². The Bertz CT molecular complexity index is 471. The molecule has 7 heteroatoms. The minimum Gasteiger partial charge on any atom is -0.363 e. The summed E-state index contributed by atoms with van der Waals surface area (Å²) in [6.07, 6.45) is 0. The minimum absolute atomic E-state index is 0.514. The maximum absolute atomic E-state index is 5.91. The molecule has 0 aliphatic rings. The smallest absolute Gasteiger partial charge is 0.249 e. The van der Waals surface area contributed by atoms with Crippen LogP contribution in [0.1, 0.15) is 0 Å². The van der Waals surface area contributed by atoms with Gasteiger partial charge in [0.25, 0.3) is 0 Å². The number of hydrogen-bond donors (Lipinski definition) is 0. The minimum atomic E-state index is 0.514. The van der Waals surface area contributed by atoms with Crippen molar-refractivity contribution in [1.82, 2.24) is 9.38 Å². The van der Waals surface area contributed by atoms with E-state index in [1.807, 2.05) is 43.3 Å². The zero-order valence-electron chi connectivity index (χ0n) is 11.2. The summed E-state index contributed by atoms with van der Waals surface area (Å²) < 4.78 is 2.17. The van der Waals surface area contributed by atoms with Crippen molar-refractivity contribution in [3.05, 3.63) is 29.3 Å². The van der Waals surface area contributed by atoms with E-state index in [0.29, 0.717) is 4.48 Å². The van der Waals surface area contributed by atoms with Gasteiger partial charge in [-0.1, -0.05) is 23.8 Å². The number of nitrogens with zero attached hydrogens (tertiary/aromatic N) is 2. The molecule has 1 aromatic carbocycles. The fourth-order valence-electron chi connectivity index (χ4n) is 1.16. The first-order valence-electron chi connectivity index (χ1n) is 5.45. The summed E-state index contributed by atoms with van der Waals surface area (Å²) in [5.74, 6) is 0. The maximum atomic E-state index is 5.91. The van der Waals surface area contributed by atoms with Gasteiger partial charge in [0.15, 0.2) is 0 Å². The first-order chi connectivity index (χ1) is 8.75. The second-order valence-electron chi connectivity index (χ2n) is 4.52. The normalized spacial score (nSPS) is 11.2. The molecule has 0 unspecified atom stereocenters. The maximum Gasteiger partial charge on any atom is 0.249 e. The van der Waals surface area contributed by atoms with E-state index in [9.17, 15) is 0 Å². The Morgan fingerprint density at radius 2 is 1.63 bits per heavy atom. The SMILES string of the molecule is CN(C)C(=S)SSC(=S)[N+](C)(C)c1ccc(Cl)cc1. The number of hydrogen-bond acceptors (Lipinski definition) is 4. The van der Waals surface area contributed by atoms with E-state index in [1.165, 1.54) is 21.6 Å². The molecule has 0 amide bonds. The Labute approximate surface area is 138 Å². The van der Waals surface area contributed by atoms with Crippen molar-refractivity contribution in [2.75, 3.05) is 28.2 Å². The molecular weight excluding hydrogens is 336 g/mol. The highest BCUT2D eigenvalue weighted by atomic mass is 35.5. The van der Waals surface area contributed by atoms with Crippen LogP contribution in [-0.4, -0.2) is 41.7 Å². The van der Waals surface area contributed by atoms with Crippen molar-refractivity contribution < 1.29 is 0 Å². The van der Waals surface area contributed by atoms with Gasteiger partial charge in [0.1, 0.15) is 10.0 Å². The van der Waals surface area contributed by atoms with Crippen LogP contribution in [0.4, 0.5) is 5.69 Å². The quantitative estimate of drug-likeness (QED) is 0.417. The van der Waals surface area contributed by atoms with Crippen LogP contribution in [0.5, 0.6) is 0 Å². The number of rotatable bonds is 1. The molecule has 0 spiro atoms. The average molecular weight is 352 g/mol. The number of thiocarbonyl (C=S) groups is 2. The van der Waals surface area contributed by atoms with Crippen LogP contribution in [0, 0.1) is 0 Å². The molecule has 0 saturated carbocycles. The zero-order valence-corrected chi connectivity index (χ0v) is 15.2. The molecule has 0 heterocycles. The van der Waals surface area contributed by atoms with Gasteiger partial charge in [0.05, 0.1) is 14.1 Å².